The fourth-order valence-corrected chi connectivity index (χ4v) is 5.23. The molecule has 0 radical (unpaired) electrons. The van der Waals surface area contributed by atoms with Crippen molar-refractivity contribution in [2.24, 2.45) is 14.1 Å². The minimum absolute atomic E-state index is 0.0374. The van der Waals surface area contributed by atoms with Crippen molar-refractivity contribution in [3.8, 4) is 11.5 Å². The van der Waals surface area contributed by atoms with Gasteiger partial charge >= 0.3 is 0 Å². The van der Waals surface area contributed by atoms with E-state index in [9.17, 15) is 9.59 Å². The monoisotopic (exact) mass is 399 g/mol. The standard InChI is InChI=1S/C23H21N5O2/c1-26-9-8-24-20(26)17-10-13-14(12-27(2)21(29)19(13)25-17)16-11-23(16)15-6-4-5-7-18(15)28(3)22(23)30/h4-10,12,16,25H,11H2,1-3H3/t16-,23-/m0/s1. The molecule has 1 aliphatic carbocycles. The van der Waals surface area contributed by atoms with Crippen molar-refractivity contribution in [3.63, 3.8) is 0 Å². The summed E-state index contributed by atoms with van der Waals surface area (Å²) in [4.78, 5) is 35.6. The van der Waals surface area contributed by atoms with Crippen LogP contribution in [0.25, 0.3) is 22.4 Å². The topological polar surface area (TPSA) is 75.9 Å². The van der Waals surface area contributed by atoms with E-state index in [1.807, 2.05) is 55.3 Å². The Balaban J connectivity index is 1.56. The van der Waals surface area contributed by atoms with Crippen LogP contribution in [0.5, 0.6) is 0 Å². The van der Waals surface area contributed by atoms with E-state index in [1.165, 1.54) is 0 Å². The third kappa shape index (κ3) is 1.97. The summed E-state index contributed by atoms with van der Waals surface area (Å²) in [7, 11) is 5.53. The van der Waals surface area contributed by atoms with Crippen LogP contribution in [0.1, 0.15) is 23.5 Å². The van der Waals surface area contributed by atoms with Crippen molar-refractivity contribution in [2.75, 3.05) is 11.9 Å². The van der Waals surface area contributed by atoms with Crippen LogP contribution < -0.4 is 10.5 Å². The number of para-hydroxylation sites is 1. The molecule has 1 saturated carbocycles. The largest absolute Gasteiger partial charge is 0.347 e. The van der Waals surface area contributed by atoms with E-state index in [0.717, 1.165) is 40.1 Å². The Hall–Kier alpha value is -3.61. The molecular weight excluding hydrogens is 378 g/mol. The van der Waals surface area contributed by atoms with Gasteiger partial charge in [-0.1, -0.05) is 18.2 Å². The lowest BCUT2D eigenvalue weighted by atomic mass is 9.91. The molecule has 2 aliphatic rings. The average Bonchev–Trinajstić information content (AvgIpc) is 2.99. The fraction of sp³-hybridized carbons (Fsp3) is 0.261. The number of aromatic nitrogens is 4. The van der Waals surface area contributed by atoms with Gasteiger partial charge in [0.1, 0.15) is 5.52 Å². The quantitative estimate of drug-likeness (QED) is 0.563. The summed E-state index contributed by atoms with van der Waals surface area (Å²) in [6.45, 7) is 0. The Labute approximate surface area is 172 Å². The molecule has 4 heterocycles. The molecule has 150 valence electrons. The maximum atomic E-state index is 13.3. The Bertz CT molecular complexity index is 1430. The normalized spacial score (nSPS) is 22.3. The summed E-state index contributed by atoms with van der Waals surface area (Å²) in [6.07, 6.45) is 6.26. The molecular formula is C23H21N5O2. The minimum Gasteiger partial charge on any atom is -0.347 e. The van der Waals surface area contributed by atoms with Crippen molar-refractivity contribution in [1.82, 2.24) is 19.1 Å². The van der Waals surface area contributed by atoms with Gasteiger partial charge < -0.3 is 19.0 Å². The number of nitrogens with one attached hydrogen (secondary N) is 1. The van der Waals surface area contributed by atoms with Crippen molar-refractivity contribution in [1.29, 1.82) is 0 Å². The number of aromatic amines is 1. The molecule has 0 unspecified atom stereocenters. The van der Waals surface area contributed by atoms with Crippen LogP contribution in [-0.2, 0) is 24.3 Å². The van der Waals surface area contributed by atoms with E-state index in [1.54, 1.807) is 22.7 Å². The molecule has 6 rings (SSSR count). The molecule has 1 fully saturated rings. The number of imidazole rings is 1. The van der Waals surface area contributed by atoms with Crippen molar-refractivity contribution in [2.45, 2.75) is 17.8 Å². The summed E-state index contributed by atoms with van der Waals surface area (Å²) >= 11 is 0. The second-order valence-electron chi connectivity index (χ2n) is 8.44. The van der Waals surface area contributed by atoms with Crippen LogP contribution in [-0.4, -0.2) is 32.1 Å². The minimum atomic E-state index is -0.531. The van der Waals surface area contributed by atoms with E-state index in [0.29, 0.717) is 5.52 Å². The Morgan fingerprint density at radius 1 is 1.13 bits per heavy atom. The first-order chi connectivity index (χ1) is 14.4. The number of hydrogen-bond donors (Lipinski definition) is 1. The fourth-order valence-electron chi connectivity index (χ4n) is 5.23. The molecule has 1 aliphatic heterocycles. The zero-order valence-electron chi connectivity index (χ0n) is 17.0. The highest BCUT2D eigenvalue weighted by molar-refractivity contribution is 6.11. The van der Waals surface area contributed by atoms with Crippen LogP contribution in [0.4, 0.5) is 5.69 Å². The molecule has 0 saturated heterocycles. The molecule has 0 bridgehead atoms. The number of hydrogen-bond acceptors (Lipinski definition) is 3. The summed E-state index contributed by atoms with van der Waals surface area (Å²) < 4.78 is 3.52. The number of benzene rings is 1. The van der Waals surface area contributed by atoms with Gasteiger partial charge in [-0.15, -0.1) is 0 Å². The van der Waals surface area contributed by atoms with E-state index in [2.05, 4.69) is 16.0 Å². The van der Waals surface area contributed by atoms with E-state index < -0.39 is 5.41 Å². The van der Waals surface area contributed by atoms with E-state index in [-0.39, 0.29) is 17.4 Å². The molecule has 1 aromatic carbocycles. The number of likely N-dealkylation sites (N-methyl/N-ethyl adjacent to an activating group) is 1. The maximum Gasteiger partial charge on any atom is 0.274 e. The van der Waals surface area contributed by atoms with Gasteiger partial charge in [0.2, 0.25) is 5.91 Å². The molecule has 30 heavy (non-hydrogen) atoms. The van der Waals surface area contributed by atoms with E-state index >= 15 is 0 Å². The average molecular weight is 399 g/mol. The molecule has 3 aromatic heterocycles. The third-order valence-electron chi connectivity index (χ3n) is 6.83. The second-order valence-corrected chi connectivity index (χ2v) is 8.44. The predicted octanol–water partition coefficient (Wildman–Crippen LogP) is 2.67. The van der Waals surface area contributed by atoms with Gasteiger partial charge in [-0.25, -0.2) is 4.98 Å². The Morgan fingerprint density at radius 2 is 1.93 bits per heavy atom. The first kappa shape index (κ1) is 17.3. The number of carbonyl (C=O) groups excluding carboxylic acids is 1. The summed E-state index contributed by atoms with van der Waals surface area (Å²) in [5.41, 5.74) is 3.84. The lowest BCUT2D eigenvalue weighted by Crippen LogP contribution is -2.29. The highest BCUT2D eigenvalue weighted by Crippen LogP contribution is 2.66. The number of amides is 1. The van der Waals surface area contributed by atoms with Gasteiger partial charge in [0.05, 0.1) is 11.1 Å². The lowest BCUT2D eigenvalue weighted by Gasteiger charge is -2.12. The van der Waals surface area contributed by atoms with Crippen LogP contribution in [0, 0.1) is 0 Å². The number of anilines is 1. The number of carbonyl (C=O) groups is 1. The molecule has 1 N–H and O–H groups in total. The van der Waals surface area contributed by atoms with Crippen LogP contribution in [0.15, 0.2) is 53.7 Å². The number of pyridine rings is 1. The van der Waals surface area contributed by atoms with E-state index in [4.69, 9.17) is 0 Å². The highest BCUT2D eigenvalue weighted by Gasteiger charge is 2.67. The van der Waals surface area contributed by atoms with Crippen molar-refractivity contribution >= 4 is 22.5 Å². The predicted molar refractivity (Wildman–Crippen MR) is 115 cm³/mol. The molecule has 1 spiro atoms. The zero-order chi connectivity index (χ0) is 20.8. The van der Waals surface area contributed by atoms with Crippen LogP contribution in [0.2, 0.25) is 0 Å². The number of nitrogens with zero attached hydrogens (tertiary/aromatic N) is 4. The van der Waals surface area contributed by atoms with Gasteiger partial charge in [0.15, 0.2) is 5.82 Å². The molecule has 2 atom stereocenters. The maximum absolute atomic E-state index is 13.3. The number of rotatable bonds is 2. The molecule has 7 nitrogen and oxygen atoms in total. The number of H-pyrrole nitrogens is 1. The van der Waals surface area contributed by atoms with Gasteiger partial charge in [-0.05, 0) is 29.7 Å². The number of fused-ring (bicyclic) bond motifs is 3. The SMILES string of the molecule is CN1C(=O)[C@@]2(C[C@H]2c2cn(C)c(=O)c3[nH]c(-c4nccn4C)cc23)c2ccccc21. The van der Waals surface area contributed by atoms with Crippen LogP contribution in [0.3, 0.4) is 0 Å². The first-order valence-corrected chi connectivity index (χ1v) is 10.0. The van der Waals surface area contributed by atoms with Crippen molar-refractivity contribution in [3.05, 3.63) is 70.4 Å². The second kappa shape index (κ2) is 5.50. The van der Waals surface area contributed by atoms with Gasteiger partial charge in [0, 0.05) is 56.7 Å². The number of aryl methyl sites for hydroxylation is 2. The summed E-state index contributed by atoms with van der Waals surface area (Å²) in [5, 5.41) is 0.873. The van der Waals surface area contributed by atoms with Crippen LogP contribution >= 0.6 is 0 Å². The zero-order valence-corrected chi connectivity index (χ0v) is 17.0. The first-order valence-electron chi connectivity index (χ1n) is 10.0. The Morgan fingerprint density at radius 3 is 2.70 bits per heavy atom. The lowest BCUT2D eigenvalue weighted by molar-refractivity contribution is -0.120. The third-order valence-corrected chi connectivity index (χ3v) is 6.83. The van der Waals surface area contributed by atoms with Gasteiger partial charge in [0.25, 0.3) is 5.56 Å². The van der Waals surface area contributed by atoms with Crippen molar-refractivity contribution < 1.29 is 4.79 Å². The highest BCUT2D eigenvalue weighted by atomic mass is 16.2. The van der Waals surface area contributed by atoms with Gasteiger partial charge in [-0.3, -0.25) is 9.59 Å². The summed E-state index contributed by atoms with van der Waals surface area (Å²) in [5.74, 6) is 0.942. The molecule has 1 amide bonds. The summed E-state index contributed by atoms with van der Waals surface area (Å²) in [6, 6.07) is 10.0. The smallest absolute Gasteiger partial charge is 0.274 e. The molecule has 4 aromatic rings. The molecule has 7 heteroatoms. The Kier molecular flexibility index (Phi) is 3.17. The van der Waals surface area contributed by atoms with Gasteiger partial charge in [-0.2, -0.15) is 0 Å².